The number of benzene rings is 2. The summed E-state index contributed by atoms with van der Waals surface area (Å²) in [6.45, 7) is 3.02. The van der Waals surface area contributed by atoms with Crippen molar-refractivity contribution in [2.45, 2.75) is 31.7 Å². The molecule has 1 aromatic heterocycles. The van der Waals surface area contributed by atoms with Crippen molar-refractivity contribution in [1.82, 2.24) is 15.6 Å². The fourth-order valence-electron chi connectivity index (χ4n) is 3.76. The molecule has 4 nitrogen and oxygen atoms in total. The lowest BCUT2D eigenvalue weighted by atomic mass is 10.1. The summed E-state index contributed by atoms with van der Waals surface area (Å²) in [5, 5.41) is 8.34. The molecule has 1 aliphatic carbocycles. The minimum atomic E-state index is 0. The average molecular weight is 474 g/mol. The van der Waals surface area contributed by atoms with E-state index in [1.165, 1.54) is 34.1 Å². The first-order chi connectivity index (χ1) is 12.8. The molecule has 0 bridgehead atoms. The number of aliphatic imine (C=N–C) groups is 1. The van der Waals surface area contributed by atoms with Crippen molar-refractivity contribution < 1.29 is 0 Å². The highest BCUT2D eigenvalue weighted by molar-refractivity contribution is 14.0. The van der Waals surface area contributed by atoms with Crippen LogP contribution in [0.15, 0.2) is 59.6 Å². The Morgan fingerprint density at radius 2 is 1.85 bits per heavy atom. The van der Waals surface area contributed by atoms with E-state index in [0.717, 1.165) is 18.9 Å². The van der Waals surface area contributed by atoms with Gasteiger partial charge in [0.05, 0.1) is 0 Å². The molecule has 0 saturated heterocycles. The highest BCUT2D eigenvalue weighted by Gasteiger charge is 2.38. The Kier molecular flexibility index (Phi) is 6.42. The van der Waals surface area contributed by atoms with E-state index < -0.39 is 0 Å². The third-order valence-corrected chi connectivity index (χ3v) is 5.26. The van der Waals surface area contributed by atoms with Crippen molar-refractivity contribution in [3.8, 4) is 0 Å². The van der Waals surface area contributed by atoms with Crippen LogP contribution in [0.25, 0.3) is 10.9 Å². The third-order valence-electron chi connectivity index (χ3n) is 5.26. The van der Waals surface area contributed by atoms with Crippen LogP contribution in [0.3, 0.4) is 0 Å². The van der Waals surface area contributed by atoms with E-state index in [1.807, 2.05) is 7.05 Å². The van der Waals surface area contributed by atoms with Crippen LogP contribution in [0.5, 0.6) is 0 Å². The number of nitrogens with zero attached hydrogens (tertiary/aromatic N) is 1. The number of aromatic amines is 1. The number of nitrogens with one attached hydrogen (secondary N) is 3. The molecular weight excluding hydrogens is 447 g/mol. The Bertz CT molecular complexity index is 916. The van der Waals surface area contributed by atoms with Gasteiger partial charge in [0.2, 0.25) is 0 Å². The largest absolute Gasteiger partial charge is 0.358 e. The van der Waals surface area contributed by atoms with Gasteiger partial charge in [-0.05, 0) is 37.0 Å². The summed E-state index contributed by atoms with van der Waals surface area (Å²) in [6.07, 6.45) is 2.15. The van der Waals surface area contributed by atoms with Crippen LogP contribution in [0.1, 0.15) is 29.2 Å². The molecule has 2 atom stereocenters. The highest BCUT2D eigenvalue weighted by atomic mass is 127. The zero-order chi connectivity index (χ0) is 17.9. The number of aromatic nitrogens is 1. The Hall–Kier alpha value is -2.02. The van der Waals surface area contributed by atoms with E-state index >= 15 is 0 Å². The van der Waals surface area contributed by atoms with Gasteiger partial charge < -0.3 is 15.6 Å². The Labute approximate surface area is 177 Å². The maximum atomic E-state index is 4.39. The number of para-hydroxylation sites is 1. The van der Waals surface area contributed by atoms with E-state index in [2.05, 4.69) is 82.1 Å². The van der Waals surface area contributed by atoms with E-state index in [0.29, 0.717) is 12.0 Å². The van der Waals surface area contributed by atoms with Crippen LogP contribution in [0, 0.1) is 6.92 Å². The lowest BCUT2D eigenvalue weighted by Crippen LogP contribution is -2.39. The van der Waals surface area contributed by atoms with Crippen LogP contribution in [0.4, 0.5) is 0 Å². The summed E-state index contributed by atoms with van der Waals surface area (Å²) in [5.74, 6) is 1.50. The second kappa shape index (κ2) is 8.78. The molecule has 142 valence electrons. The summed E-state index contributed by atoms with van der Waals surface area (Å²) in [6, 6.07) is 19.7. The molecule has 27 heavy (non-hydrogen) atoms. The second-order valence-corrected chi connectivity index (χ2v) is 7.03. The number of fused-ring (bicyclic) bond motifs is 1. The predicted molar refractivity (Wildman–Crippen MR) is 124 cm³/mol. The summed E-state index contributed by atoms with van der Waals surface area (Å²) < 4.78 is 0. The minimum absolute atomic E-state index is 0. The average Bonchev–Trinajstić information content (AvgIpc) is 3.37. The molecule has 0 aliphatic heterocycles. The third kappa shape index (κ3) is 4.46. The van der Waals surface area contributed by atoms with Gasteiger partial charge in [-0.25, -0.2) is 0 Å². The number of hydrogen-bond donors (Lipinski definition) is 3. The van der Waals surface area contributed by atoms with Gasteiger partial charge in [0.1, 0.15) is 0 Å². The van der Waals surface area contributed by atoms with Gasteiger partial charge in [0.25, 0.3) is 0 Å². The molecule has 1 fully saturated rings. The number of hydrogen-bond acceptors (Lipinski definition) is 1. The molecule has 4 rings (SSSR count). The molecule has 1 saturated carbocycles. The molecule has 5 heteroatoms. The smallest absolute Gasteiger partial charge is 0.191 e. The SMILES string of the molecule is CN=C(NCCc1c(C)[nH]c2ccccc12)NC1CC1c1ccccc1.I. The lowest BCUT2D eigenvalue weighted by Gasteiger charge is -2.12. The molecule has 1 aliphatic rings. The van der Waals surface area contributed by atoms with E-state index in [1.54, 1.807) is 0 Å². The minimum Gasteiger partial charge on any atom is -0.358 e. The second-order valence-electron chi connectivity index (χ2n) is 7.03. The Morgan fingerprint density at radius 3 is 2.63 bits per heavy atom. The molecule has 2 unspecified atom stereocenters. The molecule has 0 spiro atoms. The monoisotopic (exact) mass is 474 g/mol. The predicted octanol–water partition coefficient (Wildman–Crippen LogP) is 4.36. The van der Waals surface area contributed by atoms with Crippen LogP contribution in [-0.4, -0.2) is 30.6 Å². The number of rotatable bonds is 5. The topological polar surface area (TPSA) is 52.2 Å². The quantitative estimate of drug-likeness (QED) is 0.293. The van der Waals surface area contributed by atoms with Gasteiger partial charge in [0.15, 0.2) is 5.96 Å². The van der Waals surface area contributed by atoms with Gasteiger partial charge in [-0.3, -0.25) is 4.99 Å². The lowest BCUT2D eigenvalue weighted by molar-refractivity contribution is 0.779. The standard InChI is InChI=1S/C22H26N4.HI/c1-15-17(18-10-6-7-11-20(18)25-15)12-13-24-22(23-2)26-21-14-19(21)16-8-4-3-5-9-16;/h3-11,19,21,25H,12-14H2,1-2H3,(H2,23,24,26);1H. The molecule has 0 radical (unpaired) electrons. The van der Waals surface area contributed by atoms with E-state index in [4.69, 9.17) is 0 Å². The fourth-order valence-corrected chi connectivity index (χ4v) is 3.76. The van der Waals surface area contributed by atoms with Crippen molar-refractivity contribution in [1.29, 1.82) is 0 Å². The molecule has 3 aromatic rings. The fraction of sp³-hybridized carbons (Fsp3) is 0.318. The number of H-pyrrole nitrogens is 1. The highest BCUT2D eigenvalue weighted by Crippen LogP contribution is 2.40. The number of aryl methyl sites for hydroxylation is 1. The Balaban J connectivity index is 0.00000210. The van der Waals surface area contributed by atoms with Gasteiger partial charge in [0, 0.05) is 42.1 Å². The van der Waals surface area contributed by atoms with Crippen LogP contribution in [-0.2, 0) is 6.42 Å². The summed E-state index contributed by atoms with van der Waals surface area (Å²) in [4.78, 5) is 7.86. The maximum Gasteiger partial charge on any atom is 0.191 e. The molecule has 2 aromatic carbocycles. The molecular formula is C22H27IN4. The molecule has 0 amide bonds. The van der Waals surface area contributed by atoms with Crippen molar-refractivity contribution in [2.75, 3.05) is 13.6 Å². The number of halogens is 1. The van der Waals surface area contributed by atoms with Crippen LogP contribution < -0.4 is 10.6 Å². The molecule has 1 heterocycles. The van der Waals surface area contributed by atoms with Gasteiger partial charge in [-0.15, -0.1) is 24.0 Å². The van der Waals surface area contributed by atoms with Gasteiger partial charge in [-0.2, -0.15) is 0 Å². The van der Waals surface area contributed by atoms with Crippen molar-refractivity contribution in [2.24, 2.45) is 4.99 Å². The summed E-state index contributed by atoms with van der Waals surface area (Å²) >= 11 is 0. The first-order valence-corrected chi connectivity index (χ1v) is 9.34. The van der Waals surface area contributed by atoms with E-state index in [-0.39, 0.29) is 24.0 Å². The van der Waals surface area contributed by atoms with Crippen LogP contribution >= 0.6 is 24.0 Å². The van der Waals surface area contributed by atoms with Gasteiger partial charge in [-0.1, -0.05) is 48.5 Å². The van der Waals surface area contributed by atoms with Crippen molar-refractivity contribution >= 4 is 40.8 Å². The number of guanidine groups is 1. The first kappa shape index (κ1) is 19.7. The van der Waals surface area contributed by atoms with E-state index in [9.17, 15) is 0 Å². The molecule has 3 N–H and O–H groups in total. The Morgan fingerprint density at radius 1 is 1.11 bits per heavy atom. The van der Waals surface area contributed by atoms with Crippen LogP contribution in [0.2, 0.25) is 0 Å². The summed E-state index contributed by atoms with van der Waals surface area (Å²) in [5.41, 5.74) is 5.26. The zero-order valence-corrected chi connectivity index (χ0v) is 18.2. The van der Waals surface area contributed by atoms with Gasteiger partial charge >= 0.3 is 0 Å². The van der Waals surface area contributed by atoms with Crippen molar-refractivity contribution in [3.63, 3.8) is 0 Å². The van der Waals surface area contributed by atoms with Crippen molar-refractivity contribution in [3.05, 3.63) is 71.4 Å². The first-order valence-electron chi connectivity index (χ1n) is 9.34. The summed E-state index contributed by atoms with van der Waals surface area (Å²) in [7, 11) is 1.84. The maximum absolute atomic E-state index is 4.39. The normalized spacial score (nSPS) is 18.8. The zero-order valence-electron chi connectivity index (χ0n) is 15.8.